The molecule has 0 unspecified atom stereocenters. The topological polar surface area (TPSA) is 115 Å². The van der Waals surface area contributed by atoms with Crippen molar-refractivity contribution in [3.05, 3.63) is 144 Å². The predicted octanol–water partition coefficient (Wildman–Crippen LogP) is 8.40. The molecule has 0 spiro atoms. The van der Waals surface area contributed by atoms with Crippen LogP contribution in [0.1, 0.15) is 31.8 Å². The molecule has 0 aliphatic heterocycles. The number of carboxylic acid groups (broad SMARTS) is 2. The summed E-state index contributed by atoms with van der Waals surface area (Å²) in [4.78, 5) is 56.4. The number of amides is 2. The minimum Gasteiger partial charge on any atom is -0.464 e. The van der Waals surface area contributed by atoms with Gasteiger partial charge < -0.3 is 10.2 Å². The molecule has 0 radical (unpaired) electrons. The molecule has 8 heteroatoms. The molecular formula is C36H22N2O6. The second-order valence-corrected chi connectivity index (χ2v) is 10.3. The van der Waals surface area contributed by atoms with Gasteiger partial charge in [-0.15, -0.1) is 0 Å². The first-order valence-corrected chi connectivity index (χ1v) is 13.7. The maximum Gasteiger partial charge on any atom is 0.416 e. The van der Waals surface area contributed by atoms with Crippen LogP contribution in [0.4, 0.5) is 32.3 Å². The second-order valence-electron chi connectivity index (χ2n) is 10.3. The Morgan fingerprint density at radius 2 is 0.795 bits per heavy atom. The molecule has 0 heterocycles. The number of nitrogens with zero attached hydrogens (tertiary/aromatic N) is 2. The fraction of sp³-hybridized carbons (Fsp3) is 0. The Kier molecular flexibility index (Phi) is 6.18. The molecule has 8 nitrogen and oxygen atoms in total. The van der Waals surface area contributed by atoms with Gasteiger partial charge in [0, 0.05) is 21.9 Å². The van der Waals surface area contributed by atoms with Gasteiger partial charge in [-0.3, -0.25) is 9.59 Å². The second kappa shape index (κ2) is 10.2. The molecule has 1 aliphatic carbocycles. The van der Waals surface area contributed by atoms with Crippen molar-refractivity contribution in [2.24, 2.45) is 0 Å². The lowest BCUT2D eigenvalue weighted by Crippen LogP contribution is -2.32. The summed E-state index contributed by atoms with van der Waals surface area (Å²) in [5.41, 5.74) is 0.313. The van der Waals surface area contributed by atoms with E-state index >= 15 is 0 Å². The van der Waals surface area contributed by atoms with Gasteiger partial charge in [0.1, 0.15) is 0 Å². The van der Waals surface area contributed by atoms with Crippen LogP contribution < -0.4 is 9.80 Å². The number of hydrogen-bond acceptors (Lipinski definition) is 4. The Morgan fingerprint density at radius 3 is 1.20 bits per heavy atom. The molecule has 6 aromatic rings. The van der Waals surface area contributed by atoms with Crippen molar-refractivity contribution in [1.82, 2.24) is 0 Å². The van der Waals surface area contributed by atoms with Crippen LogP contribution in [0.15, 0.2) is 121 Å². The summed E-state index contributed by atoms with van der Waals surface area (Å²) in [6, 6.07) is 33.9. The van der Waals surface area contributed by atoms with E-state index in [0.717, 1.165) is 20.6 Å². The van der Waals surface area contributed by atoms with Gasteiger partial charge in [-0.1, -0.05) is 97.1 Å². The van der Waals surface area contributed by atoms with Crippen molar-refractivity contribution in [3.8, 4) is 0 Å². The van der Waals surface area contributed by atoms with Crippen molar-refractivity contribution >= 4 is 68.0 Å². The first kappa shape index (κ1) is 26.6. The van der Waals surface area contributed by atoms with Gasteiger partial charge in [0.25, 0.3) is 0 Å². The Bertz CT molecular complexity index is 2040. The van der Waals surface area contributed by atoms with Crippen LogP contribution in [0.25, 0.3) is 21.5 Å². The molecule has 6 aromatic carbocycles. The summed E-state index contributed by atoms with van der Waals surface area (Å²) in [6.45, 7) is 0. The predicted molar refractivity (Wildman–Crippen MR) is 168 cm³/mol. The monoisotopic (exact) mass is 578 g/mol. The highest BCUT2D eigenvalue weighted by Crippen LogP contribution is 2.45. The molecular weight excluding hydrogens is 556 g/mol. The van der Waals surface area contributed by atoms with Crippen LogP contribution in [-0.2, 0) is 0 Å². The van der Waals surface area contributed by atoms with Gasteiger partial charge in [0.2, 0.25) is 0 Å². The summed E-state index contributed by atoms with van der Waals surface area (Å²) >= 11 is 0. The molecule has 44 heavy (non-hydrogen) atoms. The van der Waals surface area contributed by atoms with Crippen molar-refractivity contribution in [2.45, 2.75) is 0 Å². The highest BCUT2D eigenvalue weighted by atomic mass is 16.4. The third-order valence-electron chi connectivity index (χ3n) is 7.91. The molecule has 0 atom stereocenters. The highest BCUT2D eigenvalue weighted by molar-refractivity contribution is 6.33. The van der Waals surface area contributed by atoms with Gasteiger partial charge in [-0.25, -0.2) is 19.4 Å². The van der Waals surface area contributed by atoms with Crippen LogP contribution in [0.2, 0.25) is 0 Å². The molecule has 0 bridgehead atoms. The minimum absolute atomic E-state index is 0.0521. The van der Waals surface area contributed by atoms with Gasteiger partial charge in [0.15, 0.2) is 11.6 Å². The highest BCUT2D eigenvalue weighted by Gasteiger charge is 2.39. The normalized spacial score (nSPS) is 12.1. The van der Waals surface area contributed by atoms with E-state index in [4.69, 9.17) is 0 Å². The van der Waals surface area contributed by atoms with Gasteiger partial charge in [0.05, 0.1) is 33.9 Å². The maximum atomic E-state index is 14.3. The third kappa shape index (κ3) is 4.00. The van der Waals surface area contributed by atoms with E-state index in [1.165, 1.54) is 24.3 Å². The molecule has 212 valence electrons. The zero-order valence-corrected chi connectivity index (χ0v) is 23.0. The van der Waals surface area contributed by atoms with Gasteiger partial charge in [-0.2, -0.15) is 0 Å². The van der Waals surface area contributed by atoms with E-state index in [2.05, 4.69) is 0 Å². The van der Waals surface area contributed by atoms with Crippen LogP contribution in [-0.4, -0.2) is 34.0 Å². The summed E-state index contributed by atoms with van der Waals surface area (Å²) in [7, 11) is 0. The standard InChI is InChI=1S/C36H22N2O6/c39-33-25-15-5-6-16-26(25)34(40)32-30(38(36(43)44)28-18-8-12-22-10-2-4-14-24(22)28)20-19-29(31(32)33)37(35(41)42)27-17-7-11-21-9-1-3-13-23(21)27/h1-20H,(H,41,42)(H,43,44). The first-order chi connectivity index (χ1) is 21.4. The molecule has 2 N–H and O–H groups in total. The molecule has 1 aliphatic rings. The number of fused-ring (bicyclic) bond motifs is 4. The fourth-order valence-corrected chi connectivity index (χ4v) is 6.04. The molecule has 0 saturated carbocycles. The van der Waals surface area contributed by atoms with E-state index in [1.807, 2.05) is 36.4 Å². The summed E-state index contributed by atoms with van der Waals surface area (Å²) in [5, 5.41) is 24.0. The lowest BCUT2D eigenvalue weighted by Gasteiger charge is -2.31. The van der Waals surface area contributed by atoms with Crippen LogP contribution in [0.3, 0.4) is 0 Å². The van der Waals surface area contributed by atoms with Gasteiger partial charge >= 0.3 is 12.2 Å². The minimum atomic E-state index is -1.38. The van der Waals surface area contributed by atoms with Crippen LogP contribution >= 0.6 is 0 Å². The Morgan fingerprint density at radius 1 is 0.432 bits per heavy atom. The fourth-order valence-electron chi connectivity index (χ4n) is 6.04. The lowest BCUT2D eigenvalue weighted by atomic mass is 9.81. The molecule has 0 saturated heterocycles. The Hall–Kier alpha value is -6.28. The Labute approximate surface area is 250 Å². The van der Waals surface area contributed by atoms with Crippen LogP contribution in [0.5, 0.6) is 0 Å². The Balaban J connectivity index is 1.55. The van der Waals surface area contributed by atoms with Crippen molar-refractivity contribution < 1.29 is 29.4 Å². The molecule has 0 aromatic heterocycles. The number of carbonyl (C=O) groups excluding carboxylic acids is 2. The van der Waals surface area contributed by atoms with Crippen molar-refractivity contribution in [1.29, 1.82) is 0 Å². The van der Waals surface area contributed by atoms with E-state index < -0.39 is 23.8 Å². The number of carbonyl (C=O) groups is 4. The quantitative estimate of drug-likeness (QED) is 0.217. The summed E-state index contributed by atoms with van der Waals surface area (Å²) in [5.74, 6) is -1.16. The van der Waals surface area contributed by atoms with Crippen LogP contribution in [0, 0.1) is 0 Å². The number of ketones is 2. The molecule has 2 amide bonds. The SMILES string of the molecule is O=C1c2ccccc2C(=O)c2c(N(C(=O)O)c3cccc4ccccc34)ccc(N(C(=O)O)c3cccc4ccccc34)c21. The zero-order chi connectivity index (χ0) is 30.5. The summed E-state index contributed by atoms with van der Waals surface area (Å²) < 4.78 is 0. The summed E-state index contributed by atoms with van der Waals surface area (Å²) in [6.07, 6.45) is -2.75. The third-order valence-corrected chi connectivity index (χ3v) is 7.91. The average molecular weight is 579 g/mol. The van der Waals surface area contributed by atoms with E-state index in [-0.39, 0.29) is 45.0 Å². The molecule has 7 rings (SSSR count). The maximum absolute atomic E-state index is 14.3. The van der Waals surface area contributed by atoms with Crippen molar-refractivity contribution in [3.63, 3.8) is 0 Å². The smallest absolute Gasteiger partial charge is 0.416 e. The number of anilines is 4. The number of rotatable bonds is 4. The lowest BCUT2D eigenvalue weighted by molar-refractivity contribution is 0.0980. The van der Waals surface area contributed by atoms with Crippen molar-refractivity contribution in [2.75, 3.05) is 9.80 Å². The zero-order valence-electron chi connectivity index (χ0n) is 23.0. The number of hydrogen-bond donors (Lipinski definition) is 2. The largest absolute Gasteiger partial charge is 0.464 e. The van der Waals surface area contributed by atoms with E-state index in [9.17, 15) is 29.4 Å². The molecule has 0 fully saturated rings. The van der Waals surface area contributed by atoms with E-state index in [1.54, 1.807) is 60.7 Å². The average Bonchev–Trinajstić information content (AvgIpc) is 3.04. The number of benzene rings is 6. The van der Waals surface area contributed by atoms with Gasteiger partial charge in [-0.05, 0) is 35.0 Å². The van der Waals surface area contributed by atoms with E-state index in [0.29, 0.717) is 10.8 Å². The first-order valence-electron chi connectivity index (χ1n) is 13.7.